The quantitative estimate of drug-likeness (QED) is 0.460. The number of nitrogens with one attached hydrogen (secondary N) is 2. The molecule has 6 heteroatoms. The van der Waals surface area contributed by atoms with Gasteiger partial charge in [0, 0.05) is 15.9 Å². The van der Waals surface area contributed by atoms with Crippen LogP contribution in [0.2, 0.25) is 0 Å². The first-order chi connectivity index (χ1) is 5.47. The van der Waals surface area contributed by atoms with Gasteiger partial charge in [0.15, 0.2) is 0 Å². The van der Waals surface area contributed by atoms with Crippen LogP contribution in [0.1, 0.15) is 5.69 Å². The van der Waals surface area contributed by atoms with Crippen molar-refractivity contribution in [2.75, 3.05) is 0 Å². The molecule has 0 unspecified atom stereocenters. The van der Waals surface area contributed by atoms with E-state index in [1.165, 1.54) is 4.90 Å². The molecule has 0 amide bonds. The van der Waals surface area contributed by atoms with Gasteiger partial charge in [-0.25, -0.2) is 5.43 Å². The molecule has 58 valence electrons. The summed E-state index contributed by atoms with van der Waals surface area (Å²) in [6, 6.07) is 1.97. The number of nitrogens with zero attached hydrogens (tertiary/aromatic N) is 2. The molecule has 2 rings (SSSR count). The van der Waals surface area contributed by atoms with Crippen molar-refractivity contribution in [1.29, 1.82) is 0 Å². The first-order valence-electron chi connectivity index (χ1n) is 3.09. The predicted octanol–water partition coefficient (Wildman–Crippen LogP) is 0.740. The SMILES string of the molecule is c1cc2c(nn1)CNNSS2. The van der Waals surface area contributed by atoms with Crippen molar-refractivity contribution in [1.82, 2.24) is 20.5 Å². The summed E-state index contributed by atoms with van der Waals surface area (Å²) in [5.74, 6) is 0. The van der Waals surface area contributed by atoms with Crippen molar-refractivity contribution >= 4 is 21.8 Å². The third kappa shape index (κ3) is 1.64. The molecule has 11 heavy (non-hydrogen) atoms. The van der Waals surface area contributed by atoms with Crippen LogP contribution in [0.3, 0.4) is 0 Å². The Morgan fingerprint density at radius 1 is 1.55 bits per heavy atom. The van der Waals surface area contributed by atoms with Gasteiger partial charge in [0.2, 0.25) is 0 Å². The summed E-state index contributed by atoms with van der Waals surface area (Å²) in [4.78, 5) is 4.12. The zero-order chi connectivity index (χ0) is 7.52. The molecule has 2 heterocycles. The van der Waals surface area contributed by atoms with Crippen LogP contribution in [0.4, 0.5) is 0 Å². The smallest absolute Gasteiger partial charge is 0.0927 e. The number of aromatic nitrogens is 2. The second-order valence-corrected chi connectivity index (χ2v) is 3.94. The minimum Gasteiger partial charge on any atom is -0.241 e. The summed E-state index contributed by atoms with van der Waals surface area (Å²) in [5.41, 5.74) is 3.99. The maximum absolute atomic E-state index is 3.99. The highest BCUT2D eigenvalue weighted by molar-refractivity contribution is 8.76. The number of hydrogen-bond acceptors (Lipinski definition) is 6. The van der Waals surface area contributed by atoms with E-state index in [4.69, 9.17) is 0 Å². The third-order valence-electron chi connectivity index (χ3n) is 1.26. The summed E-state index contributed by atoms with van der Waals surface area (Å²) < 4.78 is 0. The lowest BCUT2D eigenvalue weighted by atomic mass is 10.4. The highest BCUT2D eigenvalue weighted by atomic mass is 33.1. The molecule has 0 spiro atoms. The first-order valence-corrected chi connectivity index (χ1v) is 5.24. The van der Waals surface area contributed by atoms with Gasteiger partial charge in [0.05, 0.1) is 18.4 Å². The average Bonchev–Trinajstić information content (AvgIpc) is 2.28. The van der Waals surface area contributed by atoms with Gasteiger partial charge in [-0.2, -0.15) is 15.0 Å². The number of rotatable bonds is 0. The van der Waals surface area contributed by atoms with Gasteiger partial charge < -0.3 is 0 Å². The van der Waals surface area contributed by atoms with Crippen LogP contribution < -0.4 is 10.3 Å². The molecule has 1 aliphatic rings. The molecule has 0 radical (unpaired) electrons. The minimum atomic E-state index is 0.725. The zero-order valence-corrected chi connectivity index (χ0v) is 7.21. The molecule has 0 saturated heterocycles. The third-order valence-corrected chi connectivity index (χ3v) is 3.16. The lowest BCUT2D eigenvalue weighted by Gasteiger charge is -1.97. The lowest BCUT2D eigenvalue weighted by Crippen LogP contribution is -2.23. The summed E-state index contributed by atoms with van der Waals surface area (Å²) in [7, 11) is 3.20. The van der Waals surface area contributed by atoms with E-state index in [1.807, 2.05) is 6.07 Å². The fraction of sp³-hybridized carbons (Fsp3) is 0.200. The van der Waals surface area contributed by atoms with E-state index in [9.17, 15) is 0 Å². The Morgan fingerprint density at radius 3 is 3.55 bits per heavy atom. The molecule has 0 aliphatic carbocycles. The molecule has 2 N–H and O–H groups in total. The van der Waals surface area contributed by atoms with Gasteiger partial charge in [0.1, 0.15) is 0 Å². The highest BCUT2D eigenvalue weighted by Gasteiger charge is 2.08. The summed E-state index contributed by atoms with van der Waals surface area (Å²) >= 11 is 0. The number of hydrogen-bond donors (Lipinski definition) is 2. The van der Waals surface area contributed by atoms with Crippen LogP contribution in [-0.2, 0) is 6.54 Å². The van der Waals surface area contributed by atoms with E-state index in [1.54, 1.807) is 28.0 Å². The van der Waals surface area contributed by atoms with Crippen LogP contribution >= 0.6 is 21.8 Å². The molecule has 0 aromatic carbocycles. The van der Waals surface area contributed by atoms with Crippen molar-refractivity contribution < 1.29 is 0 Å². The summed E-state index contributed by atoms with van der Waals surface area (Å²) in [6.45, 7) is 0.725. The highest BCUT2D eigenvalue weighted by Crippen LogP contribution is 2.31. The van der Waals surface area contributed by atoms with Crippen molar-refractivity contribution in [2.24, 2.45) is 0 Å². The van der Waals surface area contributed by atoms with E-state index in [0.717, 1.165) is 12.2 Å². The van der Waals surface area contributed by atoms with E-state index in [0.29, 0.717) is 0 Å². The van der Waals surface area contributed by atoms with Crippen LogP contribution in [-0.4, -0.2) is 10.2 Å². The summed E-state index contributed by atoms with van der Waals surface area (Å²) in [5, 5.41) is 7.79. The summed E-state index contributed by atoms with van der Waals surface area (Å²) in [6.07, 6.45) is 1.71. The molecule has 1 aromatic rings. The molecule has 1 aliphatic heterocycles. The Kier molecular flexibility index (Phi) is 2.27. The van der Waals surface area contributed by atoms with Gasteiger partial charge in [0.25, 0.3) is 0 Å². The van der Waals surface area contributed by atoms with E-state index in [2.05, 4.69) is 20.5 Å². The van der Waals surface area contributed by atoms with Crippen LogP contribution in [0.5, 0.6) is 0 Å². The van der Waals surface area contributed by atoms with Gasteiger partial charge >= 0.3 is 0 Å². The maximum Gasteiger partial charge on any atom is 0.0927 e. The fourth-order valence-electron chi connectivity index (χ4n) is 0.763. The molecular weight excluding hydrogens is 180 g/mol. The van der Waals surface area contributed by atoms with Crippen molar-refractivity contribution in [3.05, 3.63) is 18.0 Å². The van der Waals surface area contributed by atoms with E-state index >= 15 is 0 Å². The van der Waals surface area contributed by atoms with E-state index in [-0.39, 0.29) is 0 Å². The Labute approximate surface area is 72.0 Å². The van der Waals surface area contributed by atoms with Gasteiger partial charge in [-0.1, -0.05) is 0 Å². The molecule has 0 fully saturated rings. The number of fused-ring (bicyclic) bond motifs is 1. The van der Waals surface area contributed by atoms with Crippen LogP contribution in [0.15, 0.2) is 17.2 Å². The Hall–Kier alpha value is -0.300. The molecular formula is C5H6N4S2. The fourth-order valence-corrected chi connectivity index (χ4v) is 2.38. The lowest BCUT2D eigenvalue weighted by molar-refractivity contribution is 0.656. The molecule has 1 aromatic heterocycles. The van der Waals surface area contributed by atoms with E-state index < -0.39 is 0 Å². The topological polar surface area (TPSA) is 49.8 Å². The van der Waals surface area contributed by atoms with Crippen LogP contribution in [0.25, 0.3) is 0 Å². The van der Waals surface area contributed by atoms with Crippen molar-refractivity contribution in [3.63, 3.8) is 0 Å². The zero-order valence-electron chi connectivity index (χ0n) is 5.57. The second-order valence-electron chi connectivity index (χ2n) is 1.96. The van der Waals surface area contributed by atoms with Gasteiger partial charge in [-0.15, -0.1) is 0 Å². The Morgan fingerprint density at radius 2 is 2.55 bits per heavy atom. The monoisotopic (exact) mass is 186 g/mol. The standard InChI is InChI=1S/C5H6N4S2/c1-2-6-8-4-3-7-9-11-10-5(1)4/h1-2,7,9H,3H2. The Bertz CT molecular complexity index is 229. The molecule has 4 nitrogen and oxygen atoms in total. The maximum atomic E-state index is 3.99. The van der Waals surface area contributed by atoms with Crippen molar-refractivity contribution in [3.8, 4) is 0 Å². The minimum absolute atomic E-state index is 0.725. The Balaban J connectivity index is 2.33. The molecule has 0 saturated carbocycles. The van der Waals surface area contributed by atoms with Crippen LogP contribution in [0, 0.1) is 0 Å². The normalized spacial score (nSPS) is 17.1. The number of hydrazine groups is 1. The second kappa shape index (κ2) is 3.40. The first kappa shape index (κ1) is 7.35. The van der Waals surface area contributed by atoms with Crippen molar-refractivity contribution in [2.45, 2.75) is 11.4 Å². The van der Waals surface area contributed by atoms with Gasteiger partial charge in [-0.3, -0.25) is 0 Å². The predicted molar refractivity (Wildman–Crippen MR) is 45.5 cm³/mol. The molecule has 0 atom stereocenters. The average molecular weight is 186 g/mol. The molecule has 0 bridgehead atoms. The largest absolute Gasteiger partial charge is 0.241 e. The van der Waals surface area contributed by atoms with Gasteiger partial charge in [-0.05, 0) is 16.9 Å².